The first-order valence-electron chi connectivity index (χ1n) is 11.8. The van der Waals surface area contributed by atoms with Gasteiger partial charge in [0.05, 0.1) is 31.8 Å². The molecular formula is C25H33FO10. The summed E-state index contributed by atoms with van der Waals surface area (Å²) < 4.78 is 27.9. The summed E-state index contributed by atoms with van der Waals surface area (Å²) in [6, 6.07) is 8.50. The van der Waals surface area contributed by atoms with Crippen LogP contribution in [0, 0.1) is 11.3 Å². The van der Waals surface area contributed by atoms with Crippen LogP contribution in [0.25, 0.3) is 5.57 Å². The zero-order valence-corrected chi connectivity index (χ0v) is 19.7. The van der Waals surface area contributed by atoms with E-state index < -0.39 is 91.4 Å². The summed E-state index contributed by atoms with van der Waals surface area (Å²) in [5, 5.41) is 85.2. The molecule has 4 rings (SSSR count). The Morgan fingerprint density at radius 2 is 1.31 bits per heavy atom. The Hall–Kier alpha value is -1.77. The Kier molecular flexibility index (Phi) is 7.45. The average molecular weight is 513 g/mol. The van der Waals surface area contributed by atoms with E-state index in [-0.39, 0.29) is 5.57 Å². The Morgan fingerprint density at radius 1 is 0.833 bits per heavy atom. The summed E-state index contributed by atoms with van der Waals surface area (Å²) in [7, 11) is 0. The highest BCUT2D eigenvalue weighted by Crippen LogP contribution is 2.61. The van der Waals surface area contributed by atoms with Gasteiger partial charge in [0.2, 0.25) is 0 Å². The van der Waals surface area contributed by atoms with E-state index in [1.807, 2.05) is 0 Å². The molecule has 2 fully saturated rings. The van der Waals surface area contributed by atoms with Gasteiger partial charge in [0.15, 0.2) is 0 Å². The maximum Gasteiger partial charge on any atom is 0.132 e. The van der Waals surface area contributed by atoms with Gasteiger partial charge in [-0.2, -0.15) is 0 Å². The van der Waals surface area contributed by atoms with Gasteiger partial charge in [-0.05, 0) is 5.56 Å². The molecule has 9 unspecified atom stereocenters. The molecule has 9 atom stereocenters. The molecule has 11 heteroatoms. The smallest absolute Gasteiger partial charge is 0.132 e. The van der Waals surface area contributed by atoms with E-state index in [4.69, 9.17) is 9.47 Å². The summed E-state index contributed by atoms with van der Waals surface area (Å²) in [5.41, 5.74) is -6.20. The molecule has 1 aromatic rings. The predicted octanol–water partition coefficient (Wildman–Crippen LogP) is -1.75. The quantitative estimate of drug-likeness (QED) is 0.225. The zero-order valence-electron chi connectivity index (χ0n) is 19.7. The van der Waals surface area contributed by atoms with E-state index in [1.54, 1.807) is 30.3 Å². The minimum Gasteiger partial charge on any atom is -0.393 e. The molecular weight excluding hydrogens is 479 g/mol. The van der Waals surface area contributed by atoms with E-state index in [2.05, 4.69) is 0 Å². The fourth-order valence-electron chi connectivity index (χ4n) is 6.17. The van der Waals surface area contributed by atoms with Gasteiger partial charge in [-0.25, -0.2) is 4.39 Å². The zero-order chi connectivity index (χ0) is 26.5. The molecule has 200 valence electrons. The molecule has 0 aromatic heterocycles. The summed E-state index contributed by atoms with van der Waals surface area (Å²) in [6.45, 7) is -1.91. The van der Waals surface area contributed by atoms with Crippen molar-refractivity contribution in [1.82, 2.24) is 0 Å². The first-order valence-corrected chi connectivity index (χ1v) is 11.8. The molecule has 0 bridgehead atoms. The lowest BCUT2D eigenvalue weighted by molar-refractivity contribution is -0.357. The van der Waals surface area contributed by atoms with E-state index in [0.29, 0.717) is 5.56 Å². The molecule has 2 saturated heterocycles. The minimum absolute atomic E-state index is 0.150. The standard InChI is InChI=1S/C25H33FO10/c1-13-18(26)15(14-5-3-2-4-6-14)7-8-23(13,24(11-27)21(33)19(31)16(29)9-35-24)25(12-28)22(34)20(32)17(30)10-36-25/h2-8,13,16-17,19-22,27-34H,9-12H2,1H3. The number of hydrogen-bond donors (Lipinski definition) is 8. The van der Waals surface area contributed by atoms with Gasteiger partial charge < -0.3 is 50.3 Å². The van der Waals surface area contributed by atoms with Gasteiger partial charge in [0.1, 0.15) is 53.7 Å². The number of benzene rings is 1. The summed E-state index contributed by atoms with van der Waals surface area (Å²) >= 11 is 0. The molecule has 0 radical (unpaired) electrons. The Balaban J connectivity index is 2.00. The monoisotopic (exact) mass is 512 g/mol. The van der Waals surface area contributed by atoms with Crippen molar-refractivity contribution in [3.63, 3.8) is 0 Å². The van der Waals surface area contributed by atoms with E-state index in [0.717, 1.165) is 0 Å². The van der Waals surface area contributed by atoms with Crippen LogP contribution in [0.3, 0.4) is 0 Å². The highest BCUT2D eigenvalue weighted by Gasteiger charge is 2.75. The van der Waals surface area contributed by atoms with Crippen molar-refractivity contribution in [2.75, 3.05) is 26.4 Å². The van der Waals surface area contributed by atoms with E-state index >= 15 is 4.39 Å². The van der Waals surface area contributed by atoms with Crippen LogP contribution in [0.1, 0.15) is 12.5 Å². The molecule has 0 spiro atoms. The van der Waals surface area contributed by atoms with Crippen LogP contribution in [0.5, 0.6) is 0 Å². The Morgan fingerprint density at radius 3 is 1.75 bits per heavy atom. The van der Waals surface area contributed by atoms with Crippen LogP contribution in [-0.2, 0) is 9.47 Å². The third-order valence-electron chi connectivity index (χ3n) is 8.20. The highest BCUT2D eigenvalue weighted by atomic mass is 19.1. The second kappa shape index (κ2) is 9.84. The lowest BCUT2D eigenvalue weighted by Gasteiger charge is -2.65. The second-order valence-electron chi connectivity index (χ2n) is 9.77. The van der Waals surface area contributed by atoms with Gasteiger partial charge in [-0.3, -0.25) is 0 Å². The van der Waals surface area contributed by atoms with E-state index in [1.165, 1.54) is 19.1 Å². The largest absolute Gasteiger partial charge is 0.393 e. The SMILES string of the molecule is CC1C(F)=C(c2ccccc2)C=CC1(C1(CO)OCC(O)C(O)C1O)C1(CO)OCC(O)C(O)C1O. The molecule has 1 aromatic carbocycles. The number of ether oxygens (including phenoxy) is 2. The van der Waals surface area contributed by atoms with Gasteiger partial charge in [0.25, 0.3) is 0 Å². The third kappa shape index (κ3) is 3.54. The summed E-state index contributed by atoms with van der Waals surface area (Å²) in [5.74, 6) is -2.16. The van der Waals surface area contributed by atoms with Crippen LogP contribution in [0.4, 0.5) is 4.39 Å². The Bertz CT molecular complexity index is 964. The lowest BCUT2D eigenvalue weighted by atomic mass is 9.49. The molecule has 1 aliphatic carbocycles. The van der Waals surface area contributed by atoms with Gasteiger partial charge in [-0.15, -0.1) is 0 Å². The molecule has 3 aliphatic rings. The van der Waals surface area contributed by atoms with Crippen LogP contribution >= 0.6 is 0 Å². The number of halogens is 1. The number of rotatable bonds is 5. The average Bonchev–Trinajstić information content (AvgIpc) is 2.89. The Labute approximate surface area is 207 Å². The first-order chi connectivity index (χ1) is 17.0. The molecule has 0 amide bonds. The van der Waals surface area contributed by atoms with Crippen molar-refractivity contribution < 1.29 is 54.7 Å². The fraction of sp³-hybridized carbons (Fsp3) is 0.600. The molecule has 36 heavy (non-hydrogen) atoms. The minimum atomic E-state index is -2.34. The van der Waals surface area contributed by atoms with Gasteiger partial charge in [-0.1, -0.05) is 49.4 Å². The molecule has 2 heterocycles. The predicted molar refractivity (Wildman–Crippen MR) is 123 cm³/mol. The molecule has 2 aliphatic heterocycles. The van der Waals surface area contributed by atoms with Crippen molar-refractivity contribution in [1.29, 1.82) is 0 Å². The molecule has 0 saturated carbocycles. The fourth-order valence-corrected chi connectivity index (χ4v) is 6.17. The van der Waals surface area contributed by atoms with Crippen LogP contribution in [-0.4, -0.2) is 115 Å². The van der Waals surface area contributed by atoms with Crippen LogP contribution < -0.4 is 0 Å². The maximum atomic E-state index is 16.3. The normalized spacial score (nSPS) is 45.7. The number of aliphatic hydroxyl groups excluding tert-OH is 8. The number of hydrogen-bond acceptors (Lipinski definition) is 10. The maximum absolute atomic E-state index is 16.3. The highest BCUT2D eigenvalue weighted by molar-refractivity contribution is 5.77. The molecule has 8 N–H and O–H groups in total. The van der Waals surface area contributed by atoms with Crippen molar-refractivity contribution in [2.45, 2.75) is 54.7 Å². The van der Waals surface area contributed by atoms with E-state index in [9.17, 15) is 40.9 Å². The van der Waals surface area contributed by atoms with Gasteiger partial charge >= 0.3 is 0 Å². The van der Waals surface area contributed by atoms with Crippen LogP contribution in [0.15, 0.2) is 48.3 Å². The number of allylic oxidation sites excluding steroid dienone is 3. The summed E-state index contributed by atoms with van der Waals surface area (Å²) in [4.78, 5) is 0. The topological polar surface area (TPSA) is 180 Å². The van der Waals surface area contributed by atoms with Crippen molar-refractivity contribution in [3.05, 3.63) is 53.9 Å². The van der Waals surface area contributed by atoms with Crippen molar-refractivity contribution in [2.24, 2.45) is 11.3 Å². The van der Waals surface area contributed by atoms with Crippen molar-refractivity contribution >= 4 is 5.57 Å². The van der Waals surface area contributed by atoms with Gasteiger partial charge in [0, 0.05) is 11.5 Å². The van der Waals surface area contributed by atoms with Crippen LogP contribution in [0.2, 0.25) is 0 Å². The number of aliphatic hydroxyl groups is 8. The molecule has 10 nitrogen and oxygen atoms in total. The third-order valence-corrected chi connectivity index (χ3v) is 8.20. The van der Waals surface area contributed by atoms with Crippen molar-refractivity contribution in [3.8, 4) is 0 Å². The lowest BCUT2D eigenvalue weighted by Crippen LogP contribution is -2.81. The first kappa shape index (κ1) is 27.3. The summed E-state index contributed by atoms with van der Waals surface area (Å²) in [6.07, 6.45) is -8.22. The second-order valence-corrected chi connectivity index (χ2v) is 9.77.